The maximum atomic E-state index is 12.1. The van der Waals surface area contributed by atoms with Crippen LogP contribution in [-0.4, -0.2) is 42.9 Å². The molecule has 1 aromatic heterocycles. The molecule has 0 bridgehead atoms. The zero-order valence-electron chi connectivity index (χ0n) is 14.0. The van der Waals surface area contributed by atoms with Gasteiger partial charge in [0.2, 0.25) is 5.91 Å². The molecule has 0 unspecified atom stereocenters. The first-order valence-electron chi connectivity index (χ1n) is 8.58. The molecule has 1 aliphatic heterocycles. The minimum Gasteiger partial charge on any atom is -0.376 e. The molecule has 1 N–H and O–H groups in total. The summed E-state index contributed by atoms with van der Waals surface area (Å²) in [7, 11) is 0. The average molecular weight is 348 g/mol. The summed E-state index contributed by atoms with van der Waals surface area (Å²) in [6.07, 6.45) is 3.74. The second-order valence-corrected chi connectivity index (χ2v) is 7.20. The summed E-state index contributed by atoms with van der Waals surface area (Å²) in [4.78, 5) is 16.7. The Morgan fingerprint density at radius 1 is 1.46 bits per heavy atom. The molecule has 0 saturated carbocycles. The van der Waals surface area contributed by atoms with E-state index in [2.05, 4.69) is 16.4 Å². The summed E-state index contributed by atoms with van der Waals surface area (Å²) < 4.78 is 12.4. The van der Waals surface area contributed by atoms with Gasteiger partial charge in [0.25, 0.3) is 0 Å². The third-order valence-electron chi connectivity index (χ3n) is 4.15. The van der Waals surface area contributed by atoms with Gasteiger partial charge in [-0.15, -0.1) is 11.3 Å². The van der Waals surface area contributed by atoms with Crippen LogP contribution in [0, 0.1) is 0 Å². The fourth-order valence-corrected chi connectivity index (χ4v) is 3.70. The van der Waals surface area contributed by atoms with E-state index in [1.807, 2.05) is 18.2 Å². The highest BCUT2D eigenvalue weighted by atomic mass is 32.1. The lowest BCUT2D eigenvalue weighted by Gasteiger charge is -2.23. The first-order valence-corrected chi connectivity index (χ1v) is 9.39. The van der Waals surface area contributed by atoms with E-state index in [4.69, 9.17) is 9.47 Å². The number of benzene rings is 1. The molecule has 1 aromatic carbocycles. The van der Waals surface area contributed by atoms with Gasteiger partial charge in [0.15, 0.2) is 0 Å². The minimum absolute atomic E-state index is 0.0769. The Labute approximate surface area is 146 Å². The normalized spacial score (nSPS) is 19.3. The van der Waals surface area contributed by atoms with Crippen molar-refractivity contribution in [2.45, 2.75) is 44.8 Å². The predicted molar refractivity (Wildman–Crippen MR) is 95.3 cm³/mol. The van der Waals surface area contributed by atoms with Crippen LogP contribution < -0.4 is 5.32 Å². The number of carbonyl (C=O) groups is 1. The molecule has 3 rings (SSSR count). The number of nitrogens with zero attached hydrogens (tertiary/aromatic N) is 1. The molecule has 2 aromatic rings. The zero-order chi connectivity index (χ0) is 16.8. The molecule has 2 heterocycles. The van der Waals surface area contributed by atoms with Crippen molar-refractivity contribution in [1.82, 2.24) is 10.3 Å². The van der Waals surface area contributed by atoms with Gasteiger partial charge in [-0.05, 0) is 38.3 Å². The molecule has 1 aliphatic rings. The topological polar surface area (TPSA) is 60.5 Å². The maximum Gasteiger partial charge on any atom is 0.248 e. The number of carbonyl (C=O) groups excluding carboxylic acids is 1. The van der Waals surface area contributed by atoms with E-state index in [1.54, 1.807) is 18.3 Å². The quantitative estimate of drug-likeness (QED) is 0.836. The molecule has 5 nitrogen and oxygen atoms in total. The van der Waals surface area contributed by atoms with Crippen LogP contribution in [0.1, 0.15) is 31.2 Å². The van der Waals surface area contributed by atoms with E-state index in [-0.39, 0.29) is 12.0 Å². The number of thiazole rings is 1. The van der Waals surface area contributed by atoms with Crippen molar-refractivity contribution in [2.24, 2.45) is 0 Å². The molecular formula is C18H24N2O3S. The highest BCUT2D eigenvalue weighted by Crippen LogP contribution is 2.21. The Balaban J connectivity index is 1.38. The predicted octanol–water partition coefficient (Wildman–Crippen LogP) is 2.93. The van der Waals surface area contributed by atoms with E-state index >= 15 is 0 Å². The number of hydrogen-bond acceptors (Lipinski definition) is 5. The summed E-state index contributed by atoms with van der Waals surface area (Å²) in [5, 5.41) is 3.97. The van der Waals surface area contributed by atoms with Crippen LogP contribution in [0.4, 0.5) is 0 Å². The summed E-state index contributed by atoms with van der Waals surface area (Å²) in [6, 6.07) is 8.08. The van der Waals surface area contributed by atoms with E-state index in [9.17, 15) is 4.79 Å². The van der Waals surface area contributed by atoms with Crippen molar-refractivity contribution in [3.63, 3.8) is 0 Å². The highest BCUT2D eigenvalue weighted by Gasteiger charge is 2.18. The van der Waals surface area contributed by atoms with Crippen LogP contribution in [0.15, 0.2) is 24.3 Å². The Hall–Kier alpha value is -1.50. The molecule has 0 radical (unpaired) electrons. The molecule has 0 aliphatic carbocycles. The van der Waals surface area contributed by atoms with Gasteiger partial charge in [0.1, 0.15) is 6.10 Å². The summed E-state index contributed by atoms with van der Waals surface area (Å²) in [5.41, 5.74) is 1.02. The Morgan fingerprint density at radius 2 is 2.33 bits per heavy atom. The van der Waals surface area contributed by atoms with Crippen molar-refractivity contribution in [3.8, 4) is 0 Å². The monoisotopic (exact) mass is 348 g/mol. The summed E-state index contributed by atoms with van der Waals surface area (Å²) in [5.74, 6) is -0.0769. The lowest BCUT2D eigenvalue weighted by molar-refractivity contribution is -0.135. The molecule has 130 valence electrons. The average Bonchev–Trinajstić information content (AvgIpc) is 3.03. The van der Waals surface area contributed by atoms with E-state index in [0.717, 1.165) is 36.4 Å². The van der Waals surface area contributed by atoms with E-state index in [0.29, 0.717) is 13.2 Å². The fourth-order valence-electron chi connectivity index (χ4n) is 2.73. The minimum atomic E-state index is -0.453. The summed E-state index contributed by atoms with van der Waals surface area (Å²) >= 11 is 1.68. The maximum absolute atomic E-state index is 12.1. The molecule has 6 heteroatoms. The summed E-state index contributed by atoms with van der Waals surface area (Å²) in [6.45, 7) is 3.66. The van der Waals surface area contributed by atoms with E-state index in [1.165, 1.54) is 11.1 Å². The molecular weight excluding hydrogens is 324 g/mol. The number of hydrogen-bond donors (Lipinski definition) is 1. The number of aromatic nitrogens is 1. The number of fused-ring (bicyclic) bond motifs is 1. The SMILES string of the molecule is C[C@H](OC[C@@H]1CCCCO1)C(=O)NCCc1nc2ccccc2s1. The first kappa shape index (κ1) is 17.3. The van der Waals surface area contributed by atoms with Crippen molar-refractivity contribution in [2.75, 3.05) is 19.8 Å². The lowest BCUT2D eigenvalue weighted by Crippen LogP contribution is -2.37. The van der Waals surface area contributed by atoms with Crippen molar-refractivity contribution in [3.05, 3.63) is 29.3 Å². The van der Waals surface area contributed by atoms with E-state index < -0.39 is 6.10 Å². The fraction of sp³-hybridized carbons (Fsp3) is 0.556. The third kappa shape index (κ3) is 4.75. The third-order valence-corrected chi connectivity index (χ3v) is 5.25. The van der Waals surface area contributed by atoms with Crippen LogP contribution in [0.25, 0.3) is 10.2 Å². The second-order valence-electron chi connectivity index (χ2n) is 6.08. The second kappa shape index (κ2) is 8.55. The van der Waals surface area contributed by atoms with Gasteiger partial charge in [-0.3, -0.25) is 4.79 Å². The van der Waals surface area contributed by atoms with Crippen LogP contribution in [0.3, 0.4) is 0 Å². The molecule has 0 spiro atoms. The van der Waals surface area contributed by atoms with Crippen LogP contribution in [0.5, 0.6) is 0 Å². The molecule has 2 atom stereocenters. The molecule has 24 heavy (non-hydrogen) atoms. The van der Waals surface area contributed by atoms with Gasteiger partial charge in [0, 0.05) is 19.6 Å². The van der Waals surface area contributed by atoms with Crippen LogP contribution in [0.2, 0.25) is 0 Å². The molecule has 1 saturated heterocycles. The smallest absolute Gasteiger partial charge is 0.248 e. The number of nitrogens with one attached hydrogen (secondary N) is 1. The van der Waals surface area contributed by atoms with Crippen LogP contribution in [-0.2, 0) is 20.7 Å². The standard InChI is InChI=1S/C18H24N2O3S/c1-13(23-12-14-6-4-5-11-22-14)18(21)19-10-9-17-20-15-7-2-3-8-16(15)24-17/h2-3,7-8,13-14H,4-6,9-12H2,1H3,(H,19,21)/t13-,14-/m0/s1. The number of para-hydroxylation sites is 1. The van der Waals surface area contributed by atoms with Gasteiger partial charge in [-0.2, -0.15) is 0 Å². The van der Waals surface area contributed by atoms with Crippen molar-refractivity contribution < 1.29 is 14.3 Å². The van der Waals surface area contributed by atoms with Gasteiger partial charge in [-0.1, -0.05) is 12.1 Å². The lowest BCUT2D eigenvalue weighted by atomic mass is 10.1. The Kier molecular flexibility index (Phi) is 6.18. The highest BCUT2D eigenvalue weighted by molar-refractivity contribution is 7.18. The zero-order valence-corrected chi connectivity index (χ0v) is 14.8. The van der Waals surface area contributed by atoms with Crippen molar-refractivity contribution in [1.29, 1.82) is 0 Å². The van der Waals surface area contributed by atoms with Crippen LogP contribution >= 0.6 is 11.3 Å². The Bertz CT molecular complexity index is 634. The largest absolute Gasteiger partial charge is 0.376 e. The van der Waals surface area contributed by atoms with Gasteiger partial charge < -0.3 is 14.8 Å². The van der Waals surface area contributed by atoms with Gasteiger partial charge in [0.05, 0.1) is 27.9 Å². The number of ether oxygens (including phenoxy) is 2. The van der Waals surface area contributed by atoms with Gasteiger partial charge in [-0.25, -0.2) is 4.98 Å². The Morgan fingerprint density at radius 3 is 3.12 bits per heavy atom. The molecule has 1 fully saturated rings. The first-order chi connectivity index (χ1) is 11.7. The molecule has 1 amide bonds. The number of amides is 1. The van der Waals surface area contributed by atoms with Crippen molar-refractivity contribution >= 4 is 27.5 Å². The number of rotatable bonds is 7. The van der Waals surface area contributed by atoms with Gasteiger partial charge >= 0.3 is 0 Å².